The molecule has 1 aliphatic rings. The molecule has 1 atom stereocenters. The predicted molar refractivity (Wildman–Crippen MR) is 92.6 cm³/mol. The minimum Gasteiger partial charge on any atom is -0.467 e. The van der Waals surface area contributed by atoms with E-state index in [0.717, 1.165) is 10.6 Å². The van der Waals surface area contributed by atoms with Gasteiger partial charge in [-0.2, -0.15) is 5.10 Å². The Balaban J connectivity index is 1.59. The largest absolute Gasteiger partial charge is 0.467 e. The molecule has 0 saturated carbocycles. The van der Waals surface area contributed by atoms with E-state index in [2.05, 4.69) is 10.1 Å². The number of imidazole rings is 1. The molecule has 10 heteroatoms. The van der Waals surface area contributed by atoms with Crippen molar-refractivity contribution in [2.75, 3.05) is 0 Å². The molecule has 0 aromatic carbocycles. The maximum Gasteiger partial charge on any atom is 0.381 e. The van der Waals surface area contributed by atoms with Crippen LogP contribution in [0.5, 0.6) is 0 Å². The molecule has 1 amide bonds. The van der Waals surface area contributed by atoms with Gasteiger partial charge in [0.15, 0.2) is 0 Å². The van der Waals surface area contributed by atoms with Gasteiger partial charge in [-0.1, -0.05) is 6.07 Å². The highest BCUT2D eigenvalue weighted by Gasteiger charge is 2.35. The number of furan rings is 1. The van der Waals surface area contributed by atoms with Crippen molar-refractivity contribution in [2.45, 2.75) is 19.0 Å². The van der Waals surface area contributed by atoms with Crippen LogP contribution < -0.4 is 0 Å². The molecule has 9 nitrogen and oxygen atoms in total. The van der Waals surface area contributed by atoms with Gasteiger partial charge in [-0.05, 0) is 33.5 Å². The second-order valence-electron chi connectivity index (χ2n) is 5.66. The number of hydrogen-bond acceptors (Lipinski definition) is 7. The van der Waals surface area contributed by atoms with Crippen LogP contribution in [0.3, 0.4) is 0 Å². The lowest BCUT2D eigenvalue weighted by Crippen LogP contribution is -2.29. The van der Waals surface area contributed by atoms with E-state index in [-0.39, 0.29) is 24.3 Å². The second-order valence-corrected chi connectivity index (χ2v) is 6.61. The molecule has 0 radical (unpaired) electrons. The highest BCUT2D eigenvalue weighted by molar-refractivity contribution is 7.12. The van der Waals surface area contributed by atoms with E-state index in [1.807, 2.05) is 17.5 Å². The zero-order chi connectivity index (χ0) is 18.1. The van der Waals surface area contributed by atoms with Crippen LogP contribution in [-0.2, 0) is 11.3 Å². The number of nitrogens with zero attached hydrogens (tertiary/aromatic N) is 5. The van der Waals surface area contributed by atoms with Crippen LogP contribution in [-0.4, -0.2) is 31.1 Å². The molecule has 3 aromatic heterocycles. The standard InChI is InChI=1S/C16H13N5O4S/c22-16(9-19-8-15(17-10-19)21(23)24)20-12(13-3-1-5-25-13)7-11(18-20)14-4-2-6-26-14/h1-6,8,10,12H,7,9H2. The summed E-state index contributed by atoms with van der Waals surface area (Å²) in [5, 5.41) is 18.6. The zero-order valence-electron chi connectivity index (χ0n) is 13.4. The third-order valence-electron chi connectivity index (χ3n) is 3.97. The van der Waals surface area contributed by atoms with E-state index in [0.29, 0.717) is 12.2 Å². The monoisotopic (exact) mass is 371 g/mol. The molecule has 0 N–H and O–H groups in total. The topological polar surface area (TPSA) is 107 Å². The maximum atomic E-state index is 12.8. The Bertz CT molecular complexity index is 961. The number of carbonyl (C=O) groups excluding carboxylic acids is 1. The summed E-state index contributed by atoms with van der Waals surface area (Å²) in [7, 11) is 0. The van der Waals surface area contributed by atoms with Crippen molar-refractivity contribution < 1.29 is 14.1 Å². The Hall–Kier alpha value is -3.27. The molecular formula is C16H13N5O4S. The van der Waals surface area contributed by atoms with Gasteiger partial charge in [0, 0.05) is 6.42 Å². The van der Waals surface area contributed by atoms with Crippen LogP contribution >= 0.6 is 11.3 Å². The molecule has 132 valence electrons. The van der Waals surface area contributed by atoms with Crippen molar-refractivity contribution in [1.82, 2.24) is 14.6 Å². The third kappa shape index (κ3) is 3.02. The molecule has 26 heavy (non-hydrogen) atoms. The number of carbonyl (C=O) groups is 1. The van der Waals surface area contributed by atoms with Gasteiger partial charge in [-0.3, -0.25) is 4.79 Å². The first-order valence-corrected chi connectivity index (χ1v) is 8.63. The summed E-state index contributed by atoms with van der Waals surface area (Å²) >= 11 is 1.55. The molecule has 4 rings (SSSR count). The van der Waals surface area contributed by atoms with Crippen LogP contribution in [0.1, 0.15) is 23.1 Å². The van der Waals surface area contributed by atoms with Crippen LogP contribution in [0, 0.1) is 10.1 Å². The fraction of sp³-hybridized carbons (Fsp3) is 0.188. The van der Waals surface area contributed by atoms with E-state index >= 15 is 0 Å². The molecule has 3 aromatic rings. The van der Waals surface area contributed by atoms with Crippen molar-refractivity contribution >= 4 is 28.8 Å². The number of aromatic nitrogens is 2. The lowest BCUT2D eigenvalue weighted by atomic mass is 10.1. The van der Waals surface area contributed by atoms with Gasteiger partial charge in [-0.25, -0.2) is 5.01 Å². The van der Waals surface area contributed by atoms with E-state index in [1.165, 1.54) is 22.1 Å². The Labute approximate surface area is 151 Å². The normalized spacial score (nSPS) is 16.7. The quantitative estimate of drug-likeness (QED) is 0.506. The third-order valence-corrected chi connectivity index (χ3v) is 4.89. The number of thiophene rings is 1. The van der Waals surface area contributed by atoms with Gasteiger partial charge in [-0.15, -0.1) is 11.3 Å². The Morgan fingerprint density at radius 2 is 2.31 bits per heavy atom. The van der Waals surface area contributed by atoms with E-state index in [4.69, 9.17) is 4.42 Å². The van der Waals surface area contributed by atoms with Crippen LogP contribution in [0.25, 0.3) is 0 Å². The Morgan fingerprint density at radius 1 is 1.42 bits per heavy atom. The summed E-state index contributed by atoms with van der Waals surface area (Å²) in [6.45, 7) is -0.0979. The first-order chi connectivity index (χ1) is 12.6. The molecule has 1 aliphatic heterocycles. The van der Waals surface area contributed by atoms with Crippen LogP contribution in [0.4, 0.5) is 5.82 Å². The van der Waals surface area contributed by atoms with Crippen molar-refractivity contribution in [3.05, 3.63) is 69.2 Å². The smallest absolute Gasteiger partial charge is 0.381 e. The van der Waals surface area contributed by atoms with E-state index < -0.39 is 4.92 Å². The number of rotatable bonds is 5. The number of nitro groups is 1. The molecule has 0 aliphatic carbocycles. The van der Waals surface area contributed by atoms with E-state index in [9.17, 15) is 14.9 Å². The van der Waals surface area contributed by atoms with Gasteiger partial charge in [0.1, 0.15) is 24.5 Å². The average molecular weight is 371 g/mol. The molecule has 0 saturated heterocycles. The van der Waals surface area contributed by atoms with Gasteiger partial charge in [0.2, 0.25) is 6.33 Å². The SMILES string of the molecule is O=C(Cn1cnc([N+](=O)[O-])c1)N1N=C(c2cccs2)CC1c1ccco1. The number of hydrazone groups is 1. The van der Waals surface area contributed by atoms with Crippen molar-refractivity contribution in [3.8, 4) is 0 Å². The summed E-state index contributed by atoms with van der Waals surface area (Å²) in [6, 6.07) is 7.11. The van der Waals surface area contributed by atoms with Crippen molar-refractivity contribution in [3.63, 3.8) is 0 Å². The highest BCUT2D eigenvalue weighted by atomic mass is 32.1. The van der Waals surface area contributed by atoms with Crippen molar-refractivity contribution in [2.24, 2.45) is 5.10 Å². The second kappa shape index (κ2) is 6.56. The number of hydrogen-bond donors (Lipinski definition) is 0. The highest BCUT2D eigenvalue weighted by Crippen LogP contribution is 2.34. The Morgan fingerprint density at radius 3 is 2.96 bits per heavy atom. The van der Waals surface area contributed by atoms with Crippen LogP contribution in [0.15, 0.2) is 58.0 Å². The summed E-state index contributed by atoms with van der Waals surface area (Å²) < 4.78 is 6.85. The summed E-state index contributed by atoms with van der Waals surface area (Å²) in [5.74, 6) is 0.0418. The van der Waals surface area contributed by atoms with Crippen molar-refractivity contribution in [1.29, 1.82) is 0 Å². The molecular weight excluding hydrogens is 358 g/mol. The van der Waals surface area contributed by atoms with Gasteiger partial charge >= 0.3 is 5.82 Å². The van der Waals surface area contributed by atoms with Crippen LogP contribution in [0.2, 0.25) is 0 Å². The zero-order valence-corrected chi connectivity index (χ0v) is 14.2. The first-order valence-electron chi connectivity index (χ1n) is 7.75. The summed E-state index contributed by atoms with van der Waals surface area (Å²) in [4.78, 5) is 27.6. The minimum atomic E-state index is -0.602. The fourth-order valence-electron chi connectivity index (χ4n) is 2.79. The lowest BCUT2D eigenvalue weighted by molar-refractivity contribution is -0.389. The first kappa shape index (κ1) is 16.2. The maximum absolute atomic E-state index is 12.8. The number of amides is 1. The summed E-state index contributed by atoms with van der Waals surface area (Å²) in [5.41, 5.74) is 0.811. The summed E-state index contributed by atoms with van der Waals surface area (Å²) in [6.07, 6.45) is 4.59. The average Bonchev–Trinajstić information content (AvgIpc) is 3.39. The molecule has 1 unspecified atom stereocenters. The van der Waals surface area contributed by atoms with Gasteiger partial charge < -0.3 is 19.1 Å². The van der Waals surface area contributed by atoms with E-state index in [1.54, 1.807) is 29.7 Å². The lowest BCUT2D eigenvalue weighted by Gasteiger charge is -2.19. The molecule has 0 spiro atoms. The van der Waals surface area contributed by atoms with Gasteiger partial charge in [0.25, 0.3) is 5.91 Å². The molecule has 4 heterocycles. The predicted octanol–water partition coefficient (Wildman–Crippen LogP) is 2.82. The minimum absolute atomic E-state index is 0.0979. The van der Waals surface area contributed by atoms with Gasteiger partial charge in [0.05, 0.1) is 16.9 Å². The fourth-order valence-corrected chi connectivity index (χ4v) is 3.51. The molecule has 0 fully saturated rings. The molecule has 0 bridgehead atoms. The Kier molecular flexibility index (Phi) is 4.09.